The standard InChI is InChI=1S/C12H19N3OS/c1-8-5-9(8)6-15(2)7-10-3-4-11(17-10)12(16)14-13/h3-4,8-9H,5-7,13H2,1-2H3,(H,14,16). The van der Waals surface area contributed by atoms with E-state index in [1.165, 1.54) is 22.6 Å². The van der Waals surface area contributed by atoms with E-state index >= 15 is 0 Å². The smallest absolute Gasteiger partial charge is 0.275 e. The van der Waals surface area contributed by atoms with E-state index in [2.05, 4.69) is 24.3 Å². The number of nitrogens with two attached hydrogens (primary N) is 1. The van der Waals surface area contributed by atoms with Crippen molar-refractivity contribution in [3.8, 4) is 0 Å². The van der Waals surface area contributed by atoms with Crippen molar-refractivity contribution in [1.29, 1.82) is 0 Å². The Kier molecular flexibility index (Phi) is 3.81. The van der Waals surface area contributed by atoms with Gasteiger partial charge in [-0.25, -0.2) is 5.84 Å². The number of hydrogen-bond acceptors (Lipinski definition) is 4. The molecule has 17 heavy (non-hydrogen) atoms. The summed E-state index contributed by atoms with van der Waals surface area (Å²) in [6.07, 6.45) is 1.36. The Morgan fingerprint density at radius 2 is 2.35 bits per heavy atom. The molecule has 0 saturated heterocycles. The second-order valence-electron chi connectivity index (χ2n) is 4.91. The van der Waals surface area contributed by atoms with Gasteiger partial charge in [-0.05, 0) is 37.4 Å². The van der Waals surface area contributed by atoms with Gasteiger partial charge in [-0.15, -0.1) is 11.3 Å². The van der Waals surface area contributed by atoms with Crippen molar-refractivity contribution < 1.29 is 4.79 Å². The monoisotopic (exact) mass is 253 g/mol. The van der Waals surface area contributed by atoms with Crippen LogP contribution in [-0.2, 0) is 6.54 Å². The topological polar surface area (TPSA) is 58.4 Å². The highest BCUT2D eigenvalue weighted by Crippen LogP contribution is 2.38. The van der Waals surface area contributed by atoms with Gasteiger partial charge in [0, 0.05) is 18.0 Å². The summed E-state index contributed by atoms with van der Waals surface area (Å²) < 4.78 is 0. The molecule has 2 rings (SSSR count). The molecule has 2 atom stereocenters. The highest BCUT2D eigenvalue weighted by atomic mass is 32.1. The maximum absolute atomic E-state index is 11.3. The number of carbonyl (C=O) groups is 1. The predicted molar refractivity (Wildman–Crippen MR) is 69.6 cm³/mol. The number of nitrogens with one attached hydrogen (secondary N) is 1. The van der Waals surface area contributed by atoms with Crippen molar-refractivity contribution in [2.24, 2.45) is 17.7 Å². The van der Waals surface area contributed by atoms with Crippen LogP contribution < -0.4 is 11.3 Å². The first-order chi connectivity index (χ1) is 8.10. The van der Waals surface area contributed by atoms with E-state index < -0.39 is 0 Å². The van der Waals surface area contributed by atoms with E-state index in [1.54, 1.807) is 0 Å². The van der Waals surface area contributed by atoms with Crippen molar-refractivity contribution in [3.05, 3.63) is 21.9 Å². The van der Waals surface area contributed by atoms with Crippen molar-refractivity contribution in [1.82, 2.24) is 10.3 Å². The summed E-state index contributed by atoms with van der Waals surface area (Å²) in [5.41, 5.74) is 2.15. The average molecular weight is 253 g/mol. The molecule has 0 aliphatic heterocycles. The summed E-state index contributed by atoms with van der Waals surface area (Å²) in [6.45, 7) is 4.36. The fraction of sp³-hybridized carbons (Fsp3) is 0.583. The molecule has 1 aromatic heterocycles. The van der Waals surface area contributed by atoms with Crippen LogP contribution in [0.5, 0.6) is 0 Å². The van der Waals surface area contributed by atoms with Gasteiger partial charge >= 0.3 is 0 Å². The summed E-state index contributed by atoms with van der Waals surface area (Å²) >= 11 is 1.51. The quantitative estimate of drug-likeness (QED) is 0.474. The van der Waals surface area contributed by atoms with Crippen LogP contribution >= 0.6 is 11.3 Å². The summed E-state index contributed by atoms with van der Waals surface area (Å²) in [5.74, 6) is 6.65. The minimum absolute atomic E-state index is 0.209. The van der Waals surface area contributed by atoms with Crippen LogP contribution in [0.1, 0.15) is 27.9 Å². The minimum Gasteiger partial charge on any atom is -0.301 e. The Hall–Kier alpha value is -0.910. The first-order valence-corrected chi connectivity index (χ1v) is 6.70. The van der Waals surface area contributed by atoms with Crippen molar-refractivity contribution in [2.45, 2.75) is 19.9 Å². The number of rotatable bonds is 5. The van der Waals surface area contributed by atoms with Gasteiger partial charge in [-0.3, -0.25) is 10.2 Å². The summed E-state index contributed by atoms with van der Waals surface area (Å²) in [7, 11) is 2.13. The Labute approximate surface area is 106 Å². The zero-order chi connectivity index (χ0) is 12.4. The van der Waals surface area contributed by atoms with Gasteiger partial charge in [-0.2, -0.15) is 0 Å². The van der Waals surface area contributed by atoms with Crippen LogP contribution in [0.25, 0.3) is 0 Å². The van der Waals surface area contributed by atoms with Crippen molar-refractivity contribution in [2.75, 3.05) is 13.6 Å². The molecule has 1 aromatic rings. The van der Waals surface area contributed by atoms with Crippen LogP contribution in [0.3, 0.4) is 0 Å². The van der Waals surface area contributed by atoms with E-state index in [0.29, 0.717) is 4.88 Å². The lowest BCUT2D eigenvalue weighted by Crippen LogP contribution is -2.29. The first kappa shape index (κ1) is 12.5. The van der Waals surface area contributed by atoms with E-state index in [1.807, 2.05) is 12.1 Å². The highest BCUT2D eigenvalue weighted by molar-refractivity contribution is 7.14. The number of thiophene rings is 1. The normalized spacial score (nSPS) is 22.8. The molecular weight excluding hydrogens is 234 g/mol. The molecule has 1 aliphatic carbocycles. The molecule has 0 spiro atoms. The molecule has 94 valence electrons. The number of nitrogen functional groups attached to an aromatic ring is 1. The lowest BCUT2D eigenvalue weighted by Gasteiger charge is -2.14. The summed E-state index contributed by atoms with van der Waals surface area (Å²) in [6, 6.07) is 3.83. The number of hydrazine groups is 1. The molecule has 1 heterocycles. The predicted octanol–water partition coefficient (Wildman–Crippen LogP) is 1.44. The summed E-state index contributed by atoms with van der Waals surface area (Å²) in [4.78, 5) is 15.5. The van der Waals surface area contributed by atoms with E-state index in [-0.39, 0.29) is 5.91 Å². The largest absolute Gasteiger partial charge is 0.301 e. The zero-order valence-corrected chi connectivity index (χ0v) is 11.1. The molecule has 1 aliphatic rings. The minimum atomic E-state index is -0.209. The maximum Gasteiger partial charge on any atom is 0.275 e. The van der Waals surface area contributed by atoms with Crippen LogP contribution in [0.15, 0.2) is 12.1 Å². The van der Waals surface area contributed by atoms with Crippen LogP contribution in [0.2, 0.25) is 0 Å². The average Bonchev–Trinajstić information content (AvgIpc) is 2.80. The van der Waals surface area contributed by atoms with Crippen molar-refractivity contribution >= 4 is 17.2 Å². The van der Waals surface area contributed by atoms with Gasteiger partial charge in [-0.1, -0.05) is 6.92 Å². The SMILES string of the molecule is CC1CC1CN(C)Cc1ccc(C(=O)NN)s1. The fourth-order valence-electron chi connectivity index (χ4n) is 2.04. The van der Waals surface area contributed by atoms with Gasteiger partial charge in [0.1, 0.15) is 0 Å². The molecular formula is C12H19N3OS. The molecule has 3 N–H and O–H groups in total. The van der Waals surface area contributed by atoms with Gasteiger partial charge in [0.25, 0.3) is 5.91 Å². The lowest BCUT2D eigenvalue weighted by molar-refractivity contribution is 0.0957. The van der Waals surface area contributed by atoms with Gasteiger partial charge in [0.05, 0.1) is 4.88 Å². The molecule has 0 aromatic carbocycles. The van der Waals surface area contributed by atoms with E-state index in [0.717, 1.165) is 24.9 Å². The number of hydrogen-bond donors (Lipinski definition) is 2. The summed E-state index contributed by atoms with van der Waals surface area (Å²) in [5, 5.41) is 0. The number of nitrogens with zero attached hydrogens (tertiary/aromatic N) is 1. The number of carbonyl (C=O) groups excluding carboxylic acids is 1. The Morgan fingerprint density at radius 1 is 1.65 bits per heavy atom. The van der Waals surface area contributed by atoms with Crippen LogP contribution in [0.4, 0.5) is 0 Å². The van der Waals surface area contributed by atoms with Crippen LogP contribution in [0, 0.1) is 11.8 Å². The third-order valence-electron chi connectivity index (χ3n) is 3.26. The molecule has 1 fully saturated rings. The zero-order valence-electron chi connectivity index (χ0n) is 10.3. The van der Waals surface area contributed by atoms with Gasteiger partial charge in [0.15, 0.2) is 0 Å². The lowest BCUT2D eigenvalue weighted by atomic mass is 10.3. The molecule has 1 amide bonds. The third-order valence-corrected chi connectivity index (χ3v) is 4.33. The fourth-order valence-corrected chi connectivity index (χ4v) is 3.03. The molecule has 0 radical (unpaired) electrons. The molecule has 5 heteroatoms. The maximum atomic E-state index is 11.3. The van der Waals surface area contributed by atoms with Gasteiger partial charge in [0.2, 0.25) is 0 Å². The van der Waals surface area contributed by atoms with Crippen molar-refractivity contribution in [3.63, 3.8) is 0 Å². The second-order valence-corrected chi connectivity index (χ2v) is 6.08. The van der Waals surface area contributed by atoms with E-state index in [9.17, 15) is 4.79 Å². The highest BCUT2D eigenvalue weighted by Gasteiger charge is 2.33. The molecule has 1 saturated carbocycles. The molecule has 2 unspecified atom stereocenters. The first-order valence-electron chi connectivity index (χ1n) is 5.88. The van der Waals surface area contributed by atoms with Crippen LogP contribution in [-0.4, -0.2) is 24.4 Å². The second kappa shape index (κ2) is 5.16. The Morgan fingerprint density at radius 3 is 2.94 bits per heavy atom. The molecule has 4 nitrogen and oxygen atoms in total. The Bertz CT molecular complexity index is 404. The van der Waals surface area contributed by atoms with E-state index in [4.69, 9.17) is 5.84 Å². The number of amides is 1. The molecule has 0 bridgehead atoms. The van der Waals surface area contributed by atoms with Gasteiger partial charge < -0.3 is 4.90 Å². The Balaban J connectivity index is 1.85. The third kappa shape index (κ3) is 3.28.